The van der Waals surface area contributed by atoms with E-state index in [1.807, 2.05) is 30.5 Å². The number of aliphatic hydroxyl groups is 1. The Morgan fingerprint density at radius 2 is 1.75 bits per heavy atom. The number of hydrogen-bond donors (Lipinski definition) is 5. The van der Waals surface area contributed by atoms with Gasteiger partial charge in [0.15, 0.2) is 0 Å². The maximum absolute atomic E-state index is 12.7. The Morgan fingerprint density at radius 1 is 1.00 bits per heavy atom. The molecule has 1 heterocycles. The smallest absolute Gasteiger partial charge is 0.261 e. The number of hydrogen-bond acceptors (Lipinski definition) is 6. The molecule has 4 rings (SSSR count). The van der Waals surface area contributed by atoms with E-state index in [2.05, 4.69) is 33.8 Å². The van der Waals surface area contributed by atoms with Crippen molar-refractivity contribution in [1.82, 2.24) is 9.88 Å². The first-order valence-corrected chi connectivity index (χ1v) is 14.7. The van der Waals surface area contributed by atoms with Gasteiger partial charge in [-0.05, 0) is 81.3 Å². The number of β-amino-alcohol motifs (C(OH)–C–C–N with tert-alkyl or cyclic N) is 1. The van der Waals surface area contributed by atoms with E-state index in [4.69, 9.17) is 5.73 Å². The molecule has 0 fully saturated rings. The average molecular weight is 564 g/mol. The zero-order valence-electron chi connectivity index (χ0n) is 23.0. The minimum Gasteiger partial charge on any atom is -0.387 e. The van der Waals surface area contributed by atoms with Crippen LogP contribution >= 0.6 is 0 Å². The van der Waals surface area contributed by atoms with Crippen molar-refractivity contribution in [2.75, 3.05) is 16.6 Å². The summed E-state index contributed by atoms with van der Waals surface area (Å²) in [5, 5.41) is 18.1. The lowest BCUT2D eigenvalue weighted by Crippen LogP contribution is -2.42. The Balaban J connectivity index is 1.33. The SMILES string of the molecule is C[C@H](N)C(=O)Nc1ccc2c(ccn2CCC(C)(C)NC[C@H](O)c2cccc(NS(=O)(=O)c3ccccc3)c2)c1. The standard InChI is InChI=1S/C30H37N5O4S/c1-21(31)29(37)33-24-12-13-27-22(18-24)14-16-35(27)17-15-30(2,3)32-20-28(36)23-8-7-9-25(19-23)34-40(38,39)26-10-5-4-6-11-26/h4-14,16,18-19,21,28,32,34,36H,15,17,20,31H2,1-3H3,(H,33,37)/t21-,28-/m0/s1. The number of amides is 1. The van der Waals surface area contributed by atoms with Gasteiger partial charge in [-0.15, -0.1) is 0 Å². The molecule has 3 aromatic carbocycles. The van der Waals surface area contributed by atoms with Gasteiger partial charge in [-0.25, -0.2) is 8.42 Å². The molecule has 0 aliphatic heterocycles. The van der Waals surface area contributed by atoms with Gasteiger partial charge in [-0.3, -0.25) is 9.52 Å². The lowest BCUT2D eigenvalue weighted by Gasteiger charge is -2.28. The lowest BCUT2D eigenvalue weighted by molar-refractivity contribution is -0.117. The number of nitrogens with one attached hydrogen (secondary N) is 3. The van der Waals surface area contributed by atoms with Crippen LogP contribution in [0.5, 0.6) is 0 Å². The van der Waals surface area contributed by atoms with E-state index >= 15 is 0 Å². The van der Waals surface area contributed by atoms with Gasteiger partial charge in [0.1, 0.15) is 0 Å². The number of carbonyl (C=O) groups is 1. The van der Waals surface area contributed by atoms with E-state index in [0.717, 1.165) is 23.9 Å². The molecule has 0 aliphatic rings. The summed E-state index contributed by atoms with van der Waals surface area (Å²) < 4.78 is 30.1. The molecule has 0 radical (unpaired) electrons. The predicted octanol–water partition coefficient (Wildman–Crippen LogP) is 4.22. The third-order valence-corrected chi connectivity index (χ3v) is 8.18. The lowest BCUT2D eigenvalue weighted by atomic mass is 9.99. The zero-order chi connectivity index (χ0) is 28.9. The number of nitrogens with two attached hydrogens (primary N) is 1. The number of aliphatic hydroxyl groups excluding tert-OH is 1. The summed E-state index contributed by atoms with van der Waals surface area (Å²) in [7, 11) is -3.72. The summed E-state index contributed by atoms with van der Waals surface area (Å²) in [6.45, 7) is 6.86. The molecule has 0 saturated heterocycles. The van der Waals surface area contributed by atoms with Gasteiger partial charge >= 0.3 is 0 Å². The molecular formula is C30H37N5O4S. The van der Waals surface area contributed by atoms with Crippen molar-refractivity contribution in [1.29, 1.82) is 0 Å². The second kappa shape index (κ2) is 12.2. The maximum atomic E-state index is 12.7. The molecule has 1 amide bonds. The summed E-state index contributed by atoms with van der Waals surface area (Å²) in [6, 6.07) is 22.2. The molecule has 4 aromatic rings. The molecule has 1 aromatic heterocycles. The molecule has 40 heavy (non-hydrogen) atoms. The summed E-state index contributed by atoms with van der Waals surface area (Å²) in [4.78, 5) is 12.1. The third-order valence-electron chi connectivity index (χ3n) is 6.78. The van der Waals surface area contributed by atoms with E-state index in [9.17, 15) is 18.3 Å². The van der Waals surface area contributed by atoms with Gasteiger partial charge in [0, 0.05) is 47.1 Å². The van der Waals surface area contributed by atoms with Crippen LogP contribution in [0.25, 0.3) is 10.9 Å². The molecule has 9 nitrogen and oxygen atoms in total. The Bertz CT molecular complexity index is 1570. The van der Waals surface area contributed by atoms with Crippen molar-refractivity contribution in [2.24, 2.45) is 5.73 Å². The number of anilines is 2. The van der Waals surface area contributed by atoms with Crippen LogP contribution in [-0.4, -0.2) is 42.1 Å². The fourth-order valence-corrected chi connectivity index (χ4v) is 5.40. The van der Waals surface area contributed by atoms with Gasteiger partial charge in [0.05, 0.1) is 17.0 Å². The van der Waals surface area contributed by atoms with E-state index in [0.29, 0.717) is 23.5 Å². The van der Waals surface area contributed by atoms with E-state index in [1.54, 1.807) is 49.4 Å². The molecule has 10 heteroatoms. The number of rotatable bonds is 12. The molecule has 0 saturated carbocycles. The molecular weight excluding hydrogens is 526 g/mol. The number of aryl methyl sites for hydroxylation is 1. The summed E-state index contributed by atoms with van der Waals surface area (Å²) in [5.74, 6) is -0.228. The molecule has 2 atom stereocenters. The molecule has 0 spiro atoms. The quantitative estimate of drug-likeness (QED) is 0.175. The largest absolute Gasteiger partial charge is 0.387 e. The van der Waals surface area contributed by atoms with E-state index < -0.39 is 22.2 Å². The van der Waals surface area contributed by atoms with Crippen molar-refractivity contribution in [3.8, 4) is 0 Å². The number of carbonyl (C=O) groups excluding carboxylic acids is 1. The number of fused-ring (bicyclic) bond motifs is 1. The van der Waals surface area contributed by atoms with Gasteiger partial charge in [0.2, 0.25) is 5.91 Å². The molecule has 6 N–H and O–H groups in total. The van der Waals surface area contributed by atoms with Crippen molar-refractivity contribution in [3.63, 3.8) is 0 Å². The van der Waals surface area contributed by atoms with Crippen LogP contribution in [0.3, 0.4) is 0 Å². The first-order chi connectivity index (χ1) is 18.9. The Kier molecular flexibility index (Phi) is 8.95. The van der Waals surface area contributed by atoms with Crippen molar-refractivity contribution < 1.29 is 18.3 Å². The Morgan fingerprint density at radius 3 is 2.48 bits per heavy atom. The first kappa shape index (κ1) is 29.3. The van der Waals surface area contributed by atoms with Crippen LogP contribution in [-0.2, 0) is 21.4 Å². The predicted molar refractivity (Wildman–Crippen MR) is 160 cm³/mol. The highest BCUT2D eigenvalue weighted by molar-refractivity contribution is 7.92. The van der Waals surface area contributed by atoms with Crippen LogP contribution in [0.15, 0.2) is 90.0 Å². The van der Waals surface area contributed by atoms with Crippen LogP contribution in [0.2, 0.25) is 0 Å². The van der Waals surface area contributed by atoms with Crippen LogP contribution in [0.1, 0.15) is 38.9 Å². The second-order valence-corrected chi connectivity index (χ2v) is 12.3. The normalized spacial score (nSPS) is 13.6. The van der Waals surface area contributed by atoms with Crippen molar-refractivity contribution >= 4 is 38.2 Å². The van der Waals surface area contributed by atoms with Gasteiger partial charge in [-0.1, -0.05) is 30.3 Å². The second-order valence-electron chi connectivity index (χ2n) is 10.6. The van der Waals surface area contributed by atoms with E-state index in [1.165, 1.54) is 12.1 Å². The maximum Gasteiger partial charge on any atom is 0.261 e. The van der Waals surface area contributed by atoms with Crippen LogP contribution < -0.4 is 21.1 Å². The third kappa shape index (κ3) is 7.48. The Labute approximate surface area is 235 Å². The summed E-state index contributed by atoms with van der Waals surface area (Å²) >= 11 is 0. The minimum absolute atomic E-state index is 0.174. The molecule has 0 unspecified atom stereocenters. The number of benzene rings is 3. The molecule has 212 valence electrons. The fraction of sp³-hybridized carbons (Fsp3) is 0.300. The number of nitrogens with zero attached hydrogens (tertiary/aromatic N) is 1. The molecule has 0 bridgehead atoms. The van der Waals surface area contributed by atoms with E-state index in [-0.39, 0.29) is 16.3 Å². The Hall–Kier alpha value is -3.70. The average Bonchev–Trinajstić information content (AvgIpc) is 3.33. The summed E-state index contributed by atoms with van der Waals surface area (Å²) in [6.07, 6.45) is 2.00. The van der Waals surface area contributed by atoms with Crippen LogP contribution in [0.4, 0.5) is 11.4 Å². The highest BCUT2D eigenvalue weighted by Crippen LogP contribution is 2.24. The van der Waals surface area contributed by atoms with Gasteiger partial charge < -0.3 is 26.0 Å². The monoisotopic (exact) mass is 563 g/mol. The van der Waals surface area contributed by atoms with Gasteiger partial charge in [-0.2, -0.15) is 0 Å². The number of sulfonamides is 1. The highest BCUT2D eigenvalue weighted by Gasteiger charge is 2.20. The van der Waals surface area contributed by atoms with Crippen molar-refractivity contribution in [2.45, 2.75) is 56.3 Å². The number of aromatic nitrogens is 1. The highest BCUT2D eigenvalue weighted by atomic mass is 32.2. The van der Waals surface area contributed by atoms with Crippen molar-refractivity contribution in [3.05, 3.63) is 90.6 Å². The fourth-order valence-electron chi connectivity index (χ4n) is 4.33. The minimum atomic E-state index is -3.72. The summed E-state index contributed by atoms with van der Waals surface area (Å²) in [5.41, 5.74) is 8.13. The first-order valence-electron chi connectivity index (χ1n) is 13.2. The zero-order valence-corrected chi connectivity index (χ0v) is 23.8. The topological polar surface area (TPSA) is 138 Å². The van der Waals surface area contributed by atoms with Gasteiger partial charge in [0.25, 0.3) is 10.0 Å². The van der Waals surface area contributed by atoms with Crippen LogP contribution in [0, 0.1) is 0 Å². The molecule has 0 aliphatic carbocycles.